The lowest BCUT2D eigenvalue weighted by Crippen LogP contribution is -2.43. The zero-order valence-corrected chi connectivity index (χ0v) is 15.1. The van der Waals surface area contributed by atoms with E-state index in [1.165, 1.54) is 4.70 Å². The molecule has 0 aliphatic carbocycles. The SMILES string of the molecule is CNC1CCN(C(=O)c2ccc(-c3nc4ccccc4s3)s2)CC1. The zero-order valence-electron chi connectivity index (χ0n) is 13.5. The molecule has 0 radical (unpaired) electrons. The molecule has 1 fully saturated rings. The Kier molecular flexibility index (Phi) is 4.35. The number of carbonyl (C=O) groups excluding carboxylic acids is 1. The molecule has 1 saturated heterocycles. The Balaban J connectivity index is 1.53. The number of nitrogens with zero attached hydrogens (tertiary/aromatic N) is 2. The molecule has 1 N–H and O–H groups in total. The van der Waals surface area contributed by atoms with Crippen molar-refractivity contribution in [1.82, 2.24) is 15.2 Å². The number of hydrogen-bond acceptors (Lipinski definition) is 5. The van der Waals surface area contributed by atoms with Crippen molar-refractivity contribution in [2.24, 2.45) is 0 Å². The summed E-state index contributed by atoms with van der Waals surface area (Å²) in [4.78, 5) is 21.3. The Morgan fingerprint density at radius 2 is 1.96 bits per heavy atom. The van der Waals surface area contributed by atoms with E-state index in [-0.39, 0.29) is 5.91 Å². The van der Waals surface area contributed by atoms with Gasteiger partial charge in [-0.1, -0.05) is 12.1 Å². The first-order valence-corrected chi connectivity index (χ1v) is 9.80. The zero-order chi connectivity index (χ0) is 16.5. The van der Waals surface area contributed by atoms with Crippen LogP contribution in [0, 0.1) is 0 Å². The van der Waals surface area contributed by atoms with Gasteiger partial charge in [-0.3, -0.25) is 4.79 Å². The fraction of sp³-hybridized carbons (Fsp3) is 0.333. The van der Waals surface area contributed by atoms with Gasteiger partial charge in [-0.15, -0.1) is 22.7 Å². The van der Waals surface area contributed by atoms with E-state index in [0.29, 0.717) is 6.04 Å². The van der Waals surface area contributed by atoms with Crippen LogP contribution < -0.4 is 5.32 Å². The first kappa shape index (κ1) is 15.7. The van der Waals surface area contributed by atoms with Crippen LogP contribution in [0.15, 0.2) is 36.4 Å². The number of piperidine rings is 1. The van der Waals surface area contributed by atoms with Gasteiger partial charge in [0.2, 0.25) is 0 Å². The summed E-state index contributed by atoms with van der Waals surface area (Å²) in [6.07, 6.45) is 2.05. The fourth-order valence-electron chi connectivity index (χ4n) is 3.07. The minimum atomic E-state index is 0.155. The van der Waals surface area contributed by atoms with E-state index in [4.69, 9.17) is 0 Å². The smallest absolute Gasteiger partial charge is 0.263 e. The van der Waals surface area contributed by atoms with E-state index in [2.05, 4.69) is 16.4 Å². The van der Waals surface area contributed by atoms with Gasteiger partial charge in [0.05, 0.1) is 20.0 Å². The van der Waals surface area contributed by atoms with Crippen molar-refractivity contribution in [3.05, 3.63) is 41.3 Å². The standard InChI is InChI=1S/C18H19N3OS2/c1-19-12-8-10-21(11-9-12)18(22)16-7-6-15(23-16)17-20-13-4-2-3-5-14(13)24-17/h2-7,12,19H,8-11H2,1H3. The van der Waals surface area contributed by atoms with E-state index in [0.717, 1.165) is 46.2 Å². The summed E-state index contributed by atoms with van der Waals surface area (Å²) in [7, 11) is 1.99. The molecule has 0 spiro atoms. The highest BCUT2D eigenvalue weighted by molar-refractivity contribution is 7.26. The summed E-state index contributed by atoms with van der Waals surface area (Å²) in [6, 6.07) is 12.7. The van der Waals surface area contributed by atoms with Crippen molar-refractivity contribution in [1.29, 1.82) is 0 Å². The van der Waals surface area contributed by atoms with E-state index >= 15 is 0 Å². The number of para-hydroxylation sites is 1. The van der Waals surface area contributed by atoms with Crippen molar-refractivity contribution in [2.45, 2.75) is 18.9 Å². The number of rotatable bonds is 3. The van der Waals surface area contributed by atoms with Crippen molar-refractivity contribution in [3.63, 3.8) is 0 Å². The van der Waals surface area contributed by atoms with E-state index < -0.39 is 0 Å². The first-order chi connectivity index (χ1) is 11.7. The maximum atomic E-state index is 12.7. The monoisotopic (exact) mass is 357 g/mol. The van der Waals surface area contributed by atoms with Gasteiger partial charge in [0.1, 0.15) is 5.01 Å². The predicted octanol–water partition coefficient (Wildman–Crippen LogP) is 3.85. The molecule has 4 rings (SSSR count). The van der Waals surface area contributed by atoms with Crippen LogP contribution in [0.25, 0.3) is 20.1 Å². The second-order valence-electron chi connectivity index (χ2n) is 6.01. The minimum absolute atomic E-state index is 0.155. The molecule has 1 aromatic carbocycles. The van der Waals surface area contributed by atoms with Crippen molar-refractivity contribution < 1.29 is 4.79 Å². The van der Waals surface area contributed by atoms with Crippen LogP contribution >= 0.6 is 22.7 Å². The van der Waals surface area contributed by atoms with E-state index in [1.807, 2.05) is 42.3 Å². The van der Waals surface area contributed by atoms with Gasteiger partial charge in [0.25, 0.3) is 5.91 Å². The number of thiophene rings is 1. The van der Waals surface area contributed by atoms with Crippen LogP contribution in [-0.2, 0) is 0 Å². The molecule has 124 valence electrons. The van der Waals surface area contributed by atoms with Gasteiger partial charge in [-0.25, -0.2) is 4.98 Å². The number of amides is 1. The number of hydrogen-bond donors (Lipinski definition) is 1. The summed E-state index contributed by atoms with van der Waals surface area (Å²) in [5.41, 5.74) is 1.02. The van der Waals surface area contributed by atoms with Crippen LogP contribution in [-0.4, -0.2) is 42.0 Å². The summed E-state index contributed by atoms with van der Waals surface area (Å²) >= 11 is 3.23. The Morgan fingerprint density at radius 3 is 2.71 bits per heavy atom. The van der Waals surface area contributed by atoms with Crippen LogP contribution in [0.5, 0.6) is 0 Å². The van der Waals surface area contributed by atoms with Crippen LogP contribution in [0.2, 0.25) is 0 Å². The highest BCUT2D eigenvalue weighted by atomic mass is 32.1. The molecule has 0 bridgehead atoms. The molecule has 1 aliphatic heterocycles. The van der Waals surface area contributed by atoms with Crippen molar-refractivity contribution >= 4 is 38.8 Å². The molecular weight excluding hydrogens is 338 g/mol. The number of fused-ring (bicyclic) bond motifs is 1. The highest BCUT2D eigenvalue weighted by Gasteiger charge is 2.24. The molecule has 1 aliphatic rings. The van der Waals surface area contributed by atoms with E-state index in [9.17, 15) is 4.79 Å². The lowest BCUT2D eigenvalue weighted by atomic mass is 10.1. The fourth-order valence-corrected chi connectivity index (χ4v) is 5.07. The van der Waals surface area contributed by atoms with Gasteiger partial charge in [-0.05, 0) is 44.2 Å². The molecule has 24 heavy (non-hydrogen) atoms. The first-order valence-electron chi connectivity index (χ1n) is 8.17. The third kappa shape index (κ3) is 2.97. The maximum absolute atomic E-state index is 12.7. The molecule has 1 amide bonds. The van der Waals surface area contributed by atoms with Crippen molar-refractivity contribution in [2.75, 3.05) is 20.1 Å². The van der Waals surface area contributed by atoms with Crippen LogP contribution in [0.1, 0.15) is 22.5 Å². The molecule has 0 atom stereocenters. The predicted molar refractivity (Wildman–Crippen MR) is 101 cm³/mol. The quantitative estimate of drug-likeness (QED) is 0.774. The van der Waals surface area contributed by atoms with Crippen LogP contribution in [0.4, 0.5) is 0 Å². The Labute approximate surface area is 149 Å². The second-order valence-corrected chi connectivity index (χ2v) is 8.12. The summed E-state index contributed by atoms with van der Waals surface area (Å²) in [5.74, 6) is 0.155. The lowest BCUT2D eigenvalue weighted by Gasteiger charge is -2.31. The maximum Gasteiger partial charge on any atom is 0.263 e. The number of aromatic nitrogens is 1. The summed E-state index contributed by atoms with van der Waals surface area (Å²) < 4.78 is 1.18. The van der Waals surface area contributed by atoms with Gasteiger partial charge in [0, 0.05) is 19.1 Å². The summed E-state index contributed by atoms with van der Waals surface area (Å²) in [6.45, 7) is 1.66. The Morgan fingerprint density at radius 1 is 1.17 bits per heavy atom. The van der Waals surface area contributed by atoms with Gasteiger partial charge < -0.3 is 10.2 Å². The number of thiazole rings is 1. The minimum Gasteiger partial charge on any atom is -0.338 e. The van der Waals surface area contributed by atoms with E-state index in [1.54, 1.807) is 22.7 Å². The van der Waals surface area contributed by atoms with Crippen molar-refractivity contribution in [3.8, 4) is 9.88 Å². The Bertz CT molecular complexity index is 829. The number of benzene rings is 1. The topological polar surface area (TPSA) is 45.2 Å². The van der Waals surface area contributed by atoms with Gasteiger partial charge in [0.15, 0.2) is 0 Å². The van der Waals surface area contributed by atoms with Crippen LogP contribution in [0.3, 0.4) is 0 Å². The molecule has 6 heteroatoms. The average Bonchev–Trinajstić information content (AvgIpc) is 3.27. The number of nitrogens with one attached hydrogen (secondary N) is 1. The second kappa shape index (κ2) is 6.63. The van der Waals surface area contributed by atoms with Gasteiger partial charge in [-0.2, -0.15) is 0 Å². The molecule has 2 aromatic heterocycles. The highest BCUT2D eigenvalue weighted by Crippen LogP contribution is 2.34. The molecule has 4 nitrogen and oxygen atoms in total. The molecule has 0 unspecified atom stereocenters. The molecule has 3 heterocycles. The Hall–Kier alpha value is -1.76. The molecule has 3 aromatic rings. The molecular formula is C18H19N3OS2. The molecule has 0 saturated carbocycles. The number of likely N-dealkylation sites (tertiary alicyclic amines) is 1. The normalized spacial score (nSPS) is 16.0. The average molecular weight is 358 g/mol. The third-order valence-corrected chi connectivity index (χ3v) is 6.79. The summed E-state index contributed by atoms with van der Waals surface area (Å²) in [5, 5.41) is 4.29. The van der Waals surface area contributed by atoms with Gasteiger partial charge >= 0.3 is 0 Å². The third-order valence-electron chi connectivity index (χ3n) is 4.51. The lowest BCUT2D eigenvalue weighted by molar-refractivity contribution is 0.0712. The largest absolute Gasteiger partial charge is 0.338 e. The number of carbonyl (C=O) groups is 1.